The van der Waals surface area contributed by atoms with Gasteiger partial charge in [0.1, 0.15) is 5.75 Å². The van der Waals surface area contributed by atoms with Crippen LogP contribution in [0.4, 0.5) is 8.78 Å². The Morgan fingerprint density at radius 2 is 1.94 bits per heavy atom. The van der Waals surface area contributed by atoms with Crippen molar-refractivity contribution in [2.24, 2.45) is 0 Å². The molecule has 0 radical (unpaired) electrons. The minimum absolute atomic E-state index is 0.242. The molecule has 0 saturated carbocycles. The van der Waals surface area contributed by atoms with Crippen molar-refractivity contribution in [3.05, 3.63) is 29.8 Å². The third kappa shape index (κ3) is 3.81. The molecule has 0 unspecified atom stereocenters. The van der Waals surface area contributed by atoms with Gasteiger partial charge in [-0.1, -0.05) is 23.9 Å². The van der Waals surface area contributed by atoms with Gasteiger partial charge in [-0.15, -0.1) is 0 Å². The molecular weight excluding hydrogens is 234 g/mol. The summed E-state index contributed by atoms with van der Waals surface area (Å²) in [5.41, 5.74) is 0.809. The molecule has 0 heterocycles. The highest BCUT2D eigenvalue weighted by Crippen LogP contribution is 2.24. The average molecular weight is 246 g/mol. The number of thioether (sulfide) groups is 1. The van der Waals surface area contributed by atoms with Crippen molar-refractivity contribution in [3.8, 4) is 5.75 Å². The Bertz CT molecular complexity index is 357. The third-order valence-electron chi connectivity index (χ3n) is 1.89. The molecule has 16 heavy (non-hydrogen) atoms. The third-order valence-corrected chi connectivity index (χ3v) is 2.99. The minimum atomic E-state index is -3.27. The fraction of sp³-hybridized carbons (Fsp3) is 0.364. The first-order valence-electron chi connectivity index (χ1n) is 4.61. The second-order valence-electron chi connectivity index (χ2n) is 3.31. The maximum absolute atomic E-state index is 12.5. The summed E-state index contributed by atoms with van der Waals surface area (Å²) in [7, 11) is 1.55. The monoisotopic (exact) mass is 246 g/mol. The highest BCUT2D eigenvalue weighted by Gasteiger charge is 2.32. The van der Waals surface area contributed by atoms with E-state index >= 15 is 0 Å². The number of benzene rings is 1. The molecule has 0 amide bonds. The summed E-state index contributed by atoms with van der Waals surface area (Å²) in [6, 6.07) is 6.94. The van der Waals surface area contributed by atoms with Gasteiger partial charge in [0.05, 0.1) is 7.11 Å². The van der Waals surface area contributed by atoms with E-state index in [-0.39, 0.29) is 5.75 Å². The van der Waals surface area contributed by atoms with Crippen LogP contribution in [0.25, 0.3) is 0 Å². The smallest absolute Gasteiger partial charge is 0.312 e. The largest absolute Gasteiger partial charge is 0.497 e. The molecular formula is C11H12F2O2S. The standard InChI is InChI=1S/C11H12F2O2S/c1-11(12,13)10(14)16-7-8-3-5-9(15-2)6-4-8/h3-6H,7H2,1-2H3. The van der Waals surface area contributed by atoms with E-state index in [1.54, 1.807) is 31.4 Å². The lowest BCUT2D eigenvalue weighted by Gasteiger charge is -2.08. The molecule has 0 atom stereocenters. The van der Waals surface area contributed by atoms with Crippen molar-refractivity contribution in [1.82, 2.24) is 0 Å². The van der Waals surface area contributed by atoms with E-state index in [1.807, 2.05) is 0 Å². The number of halogens is 2. The van der Waals surface area contributed by atoms with Crippen molar-refractivity contribution in [2.45, 2.75) is 18.6 Å². The Kier molecular flexibility index (Phi) is 4.29. The van der Waals surface area contributed by atoms with Gasteiger partial charge in [-0.05, 0) is 17.7 Å². The number of carbonyl (C=O) groups excluding carboxylic acids is 1. The van der Waals surface area contributed by atoms with Crippen molar-refractivity contribution in [2.75, 3.05) is 7.11 Å². The lowest BCUT2D eigenvalue weighted by molar-refractivity contribution is -0.130. The molecule has 0 aliphatic carbocycles. The van der Waals surface area contributed by atoms with Crippen LogP contribution in [0.15, 0.2) is 24.3 Å². The maximum Gasteiger partial charge on any atom is 0.312 e. The van der Waals surface area contributed by atoms with Gasteiger partial charge in [0, 0.05) is 12.7 Å². The number of rotatable bonds is 4. The van der Waals surface area contributed by atoms with Gasteiger partial charge in [0.2, 0.25) is 0 Å². The topological polar surface area (TPSA) is 26.3 Å². The summed E-state index contributed by atoms with van der Waals surface area (Å²) in [5.74, 6) is -2.33. The number of carbonyl (C=O) groups is 1. The van der Waals surface area contributed by atoms with Crippen LogP contribution in [0.1, 0.15) is 12.5 Å². The Morgan fingerprint density at radius 3 is 2.38 bits per heavy atom. The molecule has 0 spiro atoms. The van der Waals surface area contributed by atoms with Crippen LogP contribution in [-0.4, -0.2) is 18.1 Å². The first kappa shape index (κ1) is 13.0. The molecule has 88 valence electrons. The van der Waals surface area contributed by atoms with Gasteiger partial charge in [0.15, 0.2) is 0 Å². The molecule has 2 nitrogen and oxygen atoms in total. The second kappa shape index (κ2) is 5.30. The van der Waals surface area contributed by atoms with Crippen molar-refractivity contribution < 1.29 is 18.3 Å². The van der Waals surface area contributed by atoms with E-state index in [4.69, 9.17) is 4.74 Å². The average Bonchev–Trinajstić information content (AvgIpc) is 2.25. The molecule has 1 rings (SSSR count). The maximum atomic E-state index is 12.5. The number of hydrogen-bond donors (Lipinski definition) is 0. The molecule has 0 bridgehead atoms. The Hall–Kier alpha value is -1.10. The highest BCUT2D eigenvalue weighted by molar-refractivity contribution is 8.13. The van der Waals surface area contributed by atoms with Gasteiger partial charge in [-0.2, -0.15) is 8.78 Å². The van der Waals surface area contributed by atoms with Crippen LogP contribution >= 0.6 is 11.8 Å². The lowest BCUT2D eigenvalue weighted by Crippen LogP contribution is -2.20. The fourth-order valence-corrected chi connectivity index (χ4v) is 1.74. The first-order valence-corrected chi connectivity index (χ1v) is 5.60. The van der Waals surface area contributed by atoms with Crippen LogP contribution in [0.3, 0.4) is 0 Å². The molecule has 1 aromatic carbocycles. The molecule has 0 aliphatic rings. The first-order chi connectivity index (χ1) is 7.43. The van der Waals surface area contributed by atoms with E-state index in [2.05, 4.69) is 0 Å². The summed E-state index contributed by atoms with van der Waals surface area (Å²) >= 11 is 0.620. The number of methoxy groups -OCH3 is 1. The normalized spacial score (nSPS) is 11.2. The second-order valence-corrected chi connectivity index (χ2v) is 4.26. The SMILES string of the molecule is COc1ccc(CSC(=O)C(C)(F)F)cc1. The predicted octanol–water partition coefficient (Wildman–Crippen LogP) is 3.11. The van der Waals surface area contributed by atoms with Crippen LogP contribution in [-0.2, 0) is 10.5 Å². The summed E-state index contributed by atoms with van der Waals surface area (Å²) < 4.78 is 30.0. The highest BCUT2D eigenvalue weighted by atomic mass is 32.2. The molecule has 5 heteroatoms. The van der Waals surface area contributed by atoms with Crippen LogP contribution in [0, 0.1) is 0 Å². The Balaban J connectivity index is 2.52. The minimum Gasteiger partial charge on any atom is -0.497 e. The van der Waals surface area contributed by atoms with Crippen molar-refractivity contribution in [3.63, 3.8) is 0 Å². The van der Waals surface area contributed by atoms with Crippen LogP contribution < -0.4 is 4.74 Å². The Morgan fingerprint density at radius 1 is 1.38 bits per heavy atom. The van der Waals surface area contributed by atoms with E-state index in [1.165, 1.54) is 0 Å². The fourth-order valence-electron chi connectivity index (χ4n) is 0.997. The van der Waals surface area contributed by atoms with Crippen LogP contribution in [0.5, 0.6) is 5.75 Å². The van der Waals surface area contributed by atoms with Crippen molar-refractivity contribution in [1.29, 1.82) is 0 Å². The Labute approximate surface area is 97.0 Å². The van der Waals surface area contributed by atoms with Gasteiger partial charge >= 0.3 is 5.92 Å². The zero-order chi connectivity index (χ0) is 12.2. The van der Waals surface area contributed by atoms with Gasteiger partial charge in [-0.25, -0.2) is 0 Å². The summed E-state index contributed by atoms with van der Waals surface area (Å²) in [6.45, 7) is 0.607. The zero-order valence-electron chi connectivity index (χ0n) is 9.00. The molecule has 1 aromatic rings. The van der Waals surface area contributed by atoms with E-state index in [0.29, 0.717) is 24.4 Å². The summed E-state index contributed by atoms with van der Waals surface area (Å²) in [4.78, 5) is 10.9. The van der Waals surface area contributed by atoms with Crippen molar-refractivity contribution >= 4 is 16.9 Å². The molecule has 0 fully saturated rings. The van der Waals surface area contributed by atoms with E-state index < -0.39 is 11.0 Å². The number of hydrogen-bond acceptors (Lipinski definition) is 3. The summed E-state index contributed by atoms with van der Waals surface area (Å²) in [6.07, 6.45) is 0. The van der Waals surface area contributed by atoms with Gasteiger partial charge in [0.25, 0.3) is 5.12 Å². The summed E-state index contributed by atoms with van der Waals surface area (Å²) in [5, 5.41) is -1.11. The molecule has 0 N–H and O–H groups in total. The molecule has 0 aliphatic heterocycles. The zero-order valence-corrected chi connectivity index (χ0v) is 9.81. The number of alkyl halides is 2. The van der Waals surface area contributed by atoms with E-state index in [9.17, 15) is 13.6 Å². The molecule has 0 saturated heterocycles. The predicted molar refractivity (Wildman–Crippen MR) is 59.9 cm³/mol. The van der Waals surface area contributed by atoms with Gasteiger partial charge < -0.3 is 4.74 Å². The van der Waals surface area contributed by atoms with Crippen LogP contribution in [0.2, 0.25) is 0 Å². The molecule has 0 aromatic heterocycles. The lowest BCUT2D eigenvalue weighted by atomic mass is 10.2. The number of ether oxygens (including phenoxy) is 1. The quantitative estimate of drug-likeness (QED) is 0.816. The van der Waals surface area contributed by atoms with Gasteiger partial charge in [-0.3, -0.25) is 4.79 Å². The van der Waals surface area contributed by atoms with E-state index in [0.717, 1.165) is 5.56 Å².